The number of aliphatic imine (C=N–C) groups is 1. The van der Waals surface area contributed by atoms with E-state index in [2.05, 4.69) is 11.9 Å². The molecule has 2 aromatic carbocycles. The molecule has 3 aliphatic heterocycles. The second-order valence-electron chi connectivity index (χ2n) is 14.8. The topological polar surface area (TPSA) is 220 Å². The van der Waals surface area contributed by atoms with Gasteiger partial charge in [-0.1, -0.05) is 44.7 Å². The van der Waals surface area contributed by atoms with Crippen molar-refractivity contribution in [3.63, 3.8) is 0 Å². The normalized spacial score (nSPS) is 20.5. The van der Waals surface area contributed by atoms with E-state index < -0.39 is 54.5 Å². The number of carbonyl (C=O) groups is 4. The Hall–Kier alpha value is -5.79. The van der Waals surface area contributed by atoms with Crippen molar-refractivity contribution < 1.29 is 50.0 Å². The number of amides is 4. The summed E-state index contributed by atoms with van der Waals surface area (Å²) >= 11 is 0. The third-order valence-electron chi connectivity index (χ3n) is 10.7. The highest BCUT2D eigenvalue weighted by Crippen LogP contribution is 2.52. The monoisotopic (exact) mass is 861 g/mol. The highest BCUT2D eigenvalue weighted by atomic mass is 32.2. The van der Waals surface area contributed by atoms with Crippen LogP contribution < -0.4 is 10.2 Å². The Morgan fingerprint density at radius 2 is 1.63 bits per heavy atom. The molecule has 3 heterocycles. The molecule has 0 aliphatic carbocycles. The lowest BCUT2D eigenvalue weighted by Crippen LogP contribution is -2.38. The number of benzene rings is 2. The van der Waals surface area contributed by atoms with E-state index in [4.69, 9.17) is 9.83 Å². The van der Waals surface area contributed by atoms with Crippen LogP contribution in [0.15, 0.2) is 124 Å². The Morgan fingerprint density at radius 1 is 0.983 bits per heavy atom. The first kappa shape index (κ1) is 45.3. The number of hydroxylamine groups is 2. The second-order valence-corrected chi connectivity index (χ2v) is 17.8. The summed E-state index contributed by atoms with van der Waals surface area (Å²) in [7, 11) is -6.13. The van der Waals surface area contributed by atoms with Gasteiger partial charge in [0.05, 0.1) is 34.6 Å². The molecular formula is C42H47N5O11S2. The van der Waals surface area contributed by atoms with E-state index in [1.54, 1.807) is 66.5 Å². The molecule has 0 aromatic heterocycles. The van der Waals surface area contributed by atoms with Crippen LogP contribution >= 0.6 is 0 Å². The van der Waals surface area contributed by atoms with E-state index in [0.29, 0.717) is 45.1 Å². The van der Waals surface area contributed by atoms with Crippen molar-refractivity contribution in [3.05, 3.63) is 131 Å². The average Bonchev–Trinajstić information content (AvgIpc) is 3.72. The Kier molecular flexibility index (Phi) is 13.2. The van der Waals surface area contributed by atoms with Crippen LogP contribution in [0.25, 0.3) is 0 Å². The lowest BCUT2D eigenvalue weighted by atomic mass is 9.75. The molecule has 1 atom stereocenters. The second kappa shape index (κ2) is 17.4. The Morgan fingerprint density at radius 3 is 2.22 bits per heavy atom. The number of fused-ring (bicyclic) bond motifs is 1. The van der Waals surface area contributed by atoms with Gasteiger partial charge in [-0.05, 0) is 85.5 Å². The van der Waals surface area contributed by atoms with Crippen LogP contribution in [0.4, 0.5) is 5.69 Å². The molecule has 60 heavy (non-hydrogen) atoms. The quantitative estimate of drug-likeness (QED) is 0.0987. The van der Waals surface area contributed by atoms with Crippen molar-refractivity contribution in [1.29, 1.82) is 0 Å². The summed E-state index contributed by atoms with van der Waals surface area (Å²) in [6.45, 7) is 11.6. The number of likely N-dealkylation sites (N-methyl/N-ethyl adjacent to an activating group) is 1. The first-order valence-electron chi connectivity index (χ1n) is 18.7. The van der Waals surface area contributed by atoms with Gasteiger partial charge < -0.3 is 10.2 Å². The van der Waals surface area contributed by atoms with Crippen LogP contribution in [0.2, 0.25) is 0 Å². The van der Waals surface area contributed by atoms with Gasteiger partial charge in [0, 0.05) is 66.8 Å². The molecule has 0 saturated carbocycles. The summed E-state index contributed by atoms with van der Waals surface area (Å²) in [5.74, 6) is -2.34. The summed E-state index contributed by atoms with van der Waals surface area (Å²) in [6, 6.07) is 10.6. The van der Waals surface area contributed by atoms with Crippen molar-refractivity contribution in [1.82, 2.24) is 15.3 Å². The first-order chi connectivity index (χ1) is 28.0. The smallest absolute Gasteiger partial charge is 0.294 e. The zero-order valence-corrected chi connectivity index (χ0v) is 35.6. The molecule has 3 aliphatic rings. The van der Waals surface area contributed by atoms with Crippen molar-refractivity contribution in [2.45, 2.75) is 44.4 Å². The molecule has 318 valence electrons. The highest BCUT2D eigenvalue weighted by Gasteiger charge is 2.45. The van der Waals surface area contributed by atoms with Gasteiger partial charge >= 0.3 is 0 Å². The number of nitrogens with one attached hydrogen (secondary N) is 1. The fourth-order valence-corrected chi connectivity index (χ4v) is 8.32. The standard InChI is InChI=1S/C42H47N5O11S2/c1-8-28(40(51)45(6)58-7)25-32-27(2)44-35(41(32,3)4)11-9-12-36-42(5,30-15-13-29(14-16-30)39(50)43-21-23-47-37(48)19-20-38(47)49)33-26-31(60(55,56)57)17-18-34(33)46(36)22-10-24-59(52,53)54/h8-9,11-20,25-26H,2,10,21-24H2,1,3-7H3,(H,43,50)(H,52,53,54)(H,55,56,57)/b11-9+,28-8+,32-25+,36-12+. The van der Waals surface area contributed by atoms with Crippen molar-refractivity contribution in [2.24, 2.45) is 10.4 Å². The van der Waals surface area contributed by atoms with E-state index in [1.807, 2.05) is 20.8 Å². The molecule has 16 nitrogen and oxygen atoms in total. The molecule has 18 heteroatoms. The van der Waals surface area contributed by atoms with Crippen LogP contribution in [-0.4, -0.2) is 105 Å². The Labute approximate surface area is 349 Å². The summed E-state index contributed by atoms with van der Waals surface area (Å²) in [4.78, 5) is 62.1. The summed E-state index contributed by atoms with van der Waals surface area (Å²) in [6.07, 6.45) is 11.0. The number of imide groups is 1. The molecule has 5 rings (SSSR count). The number of carbonyl (C=O) groups excluding carboxylic acids is 4. The van der Waals surface area contributed by atoms with Crippen LogP contribution in [0.5, 0.6) is 0 Å². The molecule has 0 spiro atoms. The number of hydrogen-bond acceptors (Lipinski definition) is 11. The van der Waals surface area contributed by atoms with Gasteiger partial charge in [0.15, 0.2) is 0 Å². The number of allylic oxidation sites excluding steroid dienone is 6. The zero-order chi connectivity index (χ0) is 44.4. The largest absolute Gasteiger partial charge is 0.350 e. The minimum atomic E-state index is -4.67. The number of nitrogens with zero attached hydrogens (tertiary/aromatic N) is 4. The van der Waals surface area contributed by atoms with Crippen LogP contribution in [0.3, 0.4) is 0 Å². The zero-order valence-electron chi connectivity index (χ0n) is 34.0. The molecule has 4 amide bonds. The minimum Gasteiger partial charge on any atom is -0.350 e. The summed E-state index contributed by atoms with van der Waals surface area (Å²) in [5.41, 5.74) is 2.54. The summed E-state index contributed by atoms with van der Waals surface area (Å²) in [5, 5.41) is 3.80. The van der Waals surface area contributed by atoms with Gasteiger partial charge in [0.25, 0.3) is 43.9 Å². The lowest BCUT2D eigenvalue weighted by Gasteiger charge is -2.31. The van der Waals surface area contributed by atoms with E-state index >= 15 is 0 Å². The molecule has 3 N–H and O–H groups in total. The van der Waals surface area contributed by atoms with Gasteiger partial charge in [-0.3, -0.25) is 43.0 Å². The fourth-order valence-electron chi connectivity index (χ4n) is 7.32. The maximum Gasteiger partial charge on any atom is 0.294 e. The van der Waals surface area contributed by atoms with Crippen molar-refractivity contribution in [3.8, 4) is 0 Å². The highest BCUT2D eigenvalue weighted by molar-refractivity contribution is 7.86. The van der Waals surface area contributed by atoms with E-state index in [1.165, 1.54) is 32.4 Å². The molecule has 1 unspecified atom stereocenters. The Bertz CT molecular complexity index is 2530. The molecule has 0 radical (unpaired) electrons. The Balaban J connectivity index is 1.56. The molecule has 2 aromatic rings. The molecule has 0 saturated heterocycles. The lowest BCUT2D eigenvalue weighted by molar-refractivity contribution is -0.163. The molecule has 0 bridgehead atoms. The van der Waals surface area contributed by atoms with E-state index in [0.717, 1.165) is 22.1 Å². The number of anilines is 1. The van der Waals surface area contributed by atoms with Gasteiger partial charge in [0.2, 0.25) is 0 Å². The number of rotatable bonds is 15. The van der Waals surface area contributed by atoms with E-state index in [9.17, 15) is 45.1 Å². The SMILES string of the molecule is C=C1N=C(/C=C/C=C2/N(CCCS(=O)(=O)O)c3ccc(S(=O)(=O)O)cc3C2(C)c2ccc(C(=O)NCCN3C(=O)C=CC3=O)cc2)C(C)(C)/C1=C/C(=C\C)C(=O)N(C)OC. The maximum atomic E-state index is 13.1. The van der Waals surface area contributed by atoms with Crippen molar-refractivity contribution in [2.75, 3.05) is 44.4 Å². The predicted molar refractivity (Wildman–Crippen MR) is 225 cm³/mol. The molecule has 0 fully saturated rings. The van der Waals surface area contributed by atoms with E-state index in [-0.39, 0.29) is 42.4 Å². The van der Waals surface area contributed by atoms with Gasteiger partial charge in [-0.25, -0.2) is 5.06 Å². The summed E-state index contributed by atoms with van der Waals surface area (Å²) < 4.78 is 68.1. The van der Waals surface area contributed by atoms with Crippen LogP contribution in [0, 0.1) is 5.41 Å². The first-order valence-corrected chi connectivity index (χ1v) is 21.7. The van der Waals surface area contributed by atoms with Gasteiger partial charge in [-0.15, -0.1) is 0 Å². The van der Waals surface area contributed by atoms with Crippen LogP contribution in [0.1, 0.15) is 55.6 Å². The minimum absolute atomic E-state index is 0.00741. The number of hydrogen-bond donors (Lipinski definition) is 3. The van der Waals surface area contributed by atoms with Gasteiger partial charge in [-0.2, -0.15) is 16.8 Å². The van der Waals surface area contributed by atoms with Crippen molar-refractivity contribution >= 4 is 55.3 Å². The third kappa shape index (κ3) is 9.32. The molecular weight excluding hydrogens is 815 g/mol. The predicted octanol–water partition coefficient (Wildman–Crippen LogP) is 4.32. The average molecular weight is 862 g/mol. The third-order valence-corrected chi connectivity index (χ3v) is 12.4. The van der Waals surface area contributed by atoms with Gasteiger partial charge in [0.1, 0.15) is 0 Å². The van der Waals surface area contributed by atoms with Crippen LogP contribution in [-0.2, 0) is 44.9 Å². The fraction of sp³-hybridized carbons (Fsp3) is 0.310. The maximum absolute atomic E-state index is 13.1.